The number of fused-ring (bicyclic) bond motifs is 1. The third kappa shape index (κ3) is 4.33. The Kier molecular flexibility index (Phi) is 5.31. The summed E-state index contributed by atoms with van der Waals surface area (Å²) in [5.74, 6) is -0.884. The summed E-state index contributed by atoms with van der Waals surface area (Å²) in [7, 11) is -3.84. The number of aliphatic imine (C=N–C) groups is 1. The maximum atomic E-state index is 12.3. The minimum atomic E-state index is -3.84. The molecular formula is C20H16N4O5S2. The number of amides is 1. The van der Waals surface area contributed by atoms with Gasteiger partial charge in [0.25, 0.3) is 0 Å². The molecule has 3 aromatic rings. The van der Waals surface area contributed by atoms with Gasteiger partial charge in [-0.15, -0.1) is 0 Å². The highest BCUT2D eigenvalue weighted by Gasteiger charge is 2.18. The Morgan fingerprint density at radius 1 is 1.19 bits per heavy atom. The quantitative estimate of drug-likeness (QED) is 0.539. The predicted molar refractivity (Wildman–Crippen MR) is 119 cm³/mol. The van der Waals surface area contributed by atoms with Gasteiger partial charge in [-0.05, 0) is 36.4 Å². The van der Waals surface area contributed by atoms with Gasteiger partial charge < -0.3 is 10.4 Å². The molecule has 2 aromatic carbocycles. The fourth-order valence-electron chi connectivity index (χ4n) is 3.02. The van der Waals surface area contributed by atoms with E-state index >= 15 is 0 Å². The Hall–Kier alpha value is -3.54. The number of primary sulfonamides is 1. The summed E-state index contributed by atoms with van der Waals surface area (Å²) in [6.45, 7) is -0.411. The van der Waals surface area contributed by atoms with Crippen LogP contribution in [0.25, 0.3) is 11.6 Å². The zero-order chi connectivity index (χ0) is 22.2. The van der Waals surface area contributed by atoms with Crippen molar-refractivity contribution in [2.45, 2.75) is 11.4 Å². The van der Waals surface area contributed by atoms with Crippen molar-refractivity contribution in [1.29, 1.82) is 0 Å². The molecule has 0 saturated heterocycles. The van der Waals surface area contributed by atoms with Crippen LogP contribution < -0.4 is 15.3 Å². The largest absolute Gasteiger partial charge is 0.493 e. The fourth-order valence-corrected chi connectivity index (χ4v) is 4.37. The minimum Gasteiger partial charge on any atom is -0.493 e. The average Bonchev–Trinajstić information content (AvgIpc) is 3.24. The summed E-state index contributed by atoms with van der Waals surface area (Å²) >= 11 is 0.814. The molecule has 0 unspecified atom stereocenters. The van der Waals surface area contributed by atoms with Crippen LogP contribution >= 0.6 is 11.3 Å². The fraction of sp³-hybridized carbons (Fsp3) is 0.0500. The molecule has 0 bridgehead atoms. The summed E-state index contributed by atoms with van der Waals surface area (Å²) < 4.78 is 23.5. The smallest absolute Gasteiger partial charge is 0.311 e. The number of carbonyl (C=O) groups excluding carboxylic acids is 1. The molecule has 0 radical (unpaired) electrons. The van der Waals surface area contributed by atoms with Crippen molar-refractivity contribution >= 4 is 56.5 Å². The van der Waals surface area contributed by atoms with Crippen LogP contribution in [0.1, 0.15) is 10.4 Å². The molecule has 2 heterocycles. The summed E-state index contributed by atoms with van der Waals surface area (Å²) in [4.78, 5) is 28.7. The Morgan fingerprint density at radius 3 is 2.61 bits per heavy atom. The first-order valence-electron chi connectivity index (χ1n) is 8.93. The lowest BCUT2D eigenvalue weighted by Crippen LogP contribution is -2.24. The SMILES string of the molecule is NS(=O)(=O)c1ccc(NC(=O)Cn2c(O)c(/C=C3/C=Nc4ccccc43)sc2=O)cc1. The molecule has 31 heavy (non-hydrogen) atoms. The number of allylic oxidation sites excluding steroid dienone is 1. The molecule has 9 nitrogen and oxygen atoms in total. The Balaban J connectivity index is 1.52. The lowest BCUT2D eigenvalue weighted by atomic mass is 10.1. The number of thiazole rings is 1. The second-order valence-corrected chi connectivity index (χ2v) is 9.19. The van der Waals surface area contributed by atoms with Crippen molar-refractivity contribution in [3.8, 4) is 5.88 Å². The van der Waals surface area contributed by atoms with Crippen molar-refractivity contribution in [1.82, 2.24) is 4.57 Å². The van der Waals surface area contributed by atoms with Crippen LogP contribution in [-0.2, 0) is 21.4 Å². The maximum Gasteiger partial charge on any atom is 0.311 e. The third-order valence-corrected chi connectivity index (χ3v) is 6.35. The van der Waals surface area contributed by atoms with E-state index in [9.17, 15) is 23.1 Å². The van der Waals surface area contributed by atoms with Gasteiger partial charge in [-0.1, -0.05) is 29.5 Å². The van der Waals surface area contributed by atoms with Gasteiger partial charge in [0.2, 0.25) is 21.8 Å². The average molecular weight is 457 g/mol. The Morgan fingerprint density at radius 2 is 1.90 bits per heavy atom. The molecule has 0 saturated carbocycles. The number of hydrogen-bond donors (Lipinski definition) is 3. The number of hydrogen-bond acceptors (Lipinski definition) is 7. The number of para-hydroxylation sites is 1. The highest BCUT2D eigenvalue weighted by molar-refractivity contribution is 7.89. The summed E-state index contributed by atoms with van der Waals surface area (Å²) in [5, 5.41) is 18.1. The molecule has 1 aliphatic heterocycles. The van der Waals surface area contributed by atoms with Crippen LogP contribution in [0.5, 0.6) is 5.88 Å². The molecule has 1 amide bonds. The second-order valence-electron chi connectivity index (χ2n) is 6.63. The first kappa shape index (κ1) is 20.7. The number of aromatic nitrogens is 1. The van der Waals surface area contributed by atoms with Gasteiger partial charge in [0.15, 0.2) is 0 Å². The second kappa shape index (κ2) is 7.95. The molecule has 1 aliphatic rings. The lowest BCUT2D eigenvalue weighted by molar-refractivity contribution is -0.116. The molecule has 0 atom stereocenters. The van der Waals surface area contributed by atoms with Crippen LogP contribution in [0.3, 0.4) is 0 Å². The summed E-state index contributed by atoms with van der Waals surface area (Å²) in [6.07, 6.45) is 3.30. The molecular weight excluding hydrogens is 440 g/mol. The molecule has 0 aliphatic carbocycles. The molecule has 0 spiro atoms. The molecule has 4 rings (SSSR count). The van der Waals surface area contributed by atoms with Crippen molar-refractivity contribution in [3.05, 3.63) is 68.6 Å². The van der Waals surface area contributed by atoms with Crippen molar-refractivity contribution in [2.75, 3.05) is 5.32 Å². The van der Waals surface area contributed by atoms with Crippen molar-refractivity contribution in [3.63, 3.8) is 0 Å². The van der Waals surface area contributed by atoms with Gasteiger partial charge in [-0.25, -0.2) is 13.6 Å². The lowest BCUT2D eigenvalue weighted by Gasteiger charge is -2.07. The van der Waals surface area contributed by atoms with E-state index in [0.717, 1.165) is 32.7 Å². The number of benzene rings is 2. The molecule has 1 aromatic heterocycles. The van der Waals surface area contributed by atoms with Crippen LogP contribution in [0.15, 0.2) is 63.2 Å². The van der Waals surface area contributed by atoms with Gasteiger partial charge >= 0.3 is 4.87 Å². The van der Waals surface area contributed by atoms with Crippen molar-refractivity contribution in [2.24, 2.45) is 10.1 Å². The number of carbonyl (C=O) groups is 1. The van der Waals surface area contributed by atoms with E-state index in [2.05, 4.69) is 10.3 Å². The molecule has 0 fully saturated rings. The van der Waals surface area contributed by atoms with E-state index in [-0.39, 0.29) is 10.8 Å². The van der Waals surface area contributed by atoms with Crippen LogP contribution in [0, 0.1) is 0 Å². The zero-order valence-corrected chi connectivity index (χ0v) is 17.5. The zero-order valence-electron chi connectivity index (χ0n) is 15.8. The van der Waals surface area contributed by atoms with Gasteiger partial charge in [-0.2, -0.15) is 0 Å². The van der Waals surface area contributed by atoms with Crippen molar-refractivity contribution < 1.29 is 18.3 Å². The normalized spacial score (nSPS) is 14.0. The van der Waals surface area contributed by atoms with E-state index in [0.29, 0.717) is 10.6 Å². The predicted octanol–water partition coefficient (Wildman–Crippen LogP) is 2.16. The van der Waals surface area contributed by atoms with Crippen LogP contribution in [0.4, 0.5) is 11.4 Å². The van der Waals surface area contributed by atoms with Gasteiger partial charge in [-0.3, -0.25) is 19.1 Å². The summed E-state index contributed by atoms with van der Waals surface area (Å²) in [6, 6.07) is 12.7. The number of anilines is 1. The number of nitrogens with zero attached hydrogens (tertiary/aromatic N) is 2. The van der Waals surface area contributed by atoms with Crippen LogP contribution in [-0.4, -0.2) is 30.2 Å². The van der Waals surface area contributed by atoms with E-state index in [1.807, 2.05) is 24.3 Å². The number of nitrogens with one attached hydrogen (secondary N) is 1. The van der Waals surface area contributed by atoms with E-state index < -0.39 is 27.3 Å². The van der Waals surface area contributed by atoms with Gasteiger partial charge in [0.1, 0.15) is 6.54 Å². The number of nitrogens with two attached hydrogens (primary N) is 1. The highest BCUT2D eigenvalue weighted by atomic mass is 32.2. The van der Waals surface area contributed by atoms with Crippen LogP contribution in [0.2, 0.25) is 0 Å². The topological polar surface area (TPSA) is 144 Å². The standard InChI is InChI=1S/C20H16N4O5S2/c21-31(28,29)14-7-5-13(6-8-14)23-18(25)11-24-19(26)17(30-20(24)27)9-12-10-22-16-4-2-1-3-15(12)16/h1-10,26H,11H2,(H,23,25)(H2,21,28,29)/b12-9-. The van der Waals surface area contributed by atoms with E-state index in [4.69, 9.17) is 5.14 Å². The molecule has 158 valence electrons. The maximum absolute atomic E-state index is 12.3. The number of rotatable bonds is 5. The summed E-state index contributed by atoms with van der Waals surface area (Å²) in [5.41, 5.74) is 2.75. The van der Waals surface area contributed by atoms with E-state index in [1.165, 1.54) is 24.3 Å². The number of sulfonamides is 1. The third-order valence-electron chi connectivity index (χ3n) is 4.51. The van der Waals surface area contributed by atoms with E-state index in [1.54, 1.807) is 12.3 Å². The number of aromatic hydroxyl groups is 1. The van der Waals surface area contributed by atoms with Gasteiger partial charge in [0, 0.05) is 23.0 Å². The van der Waals surface area contributed by atoms with Gasteiger partial charge in [0.05, 0.1) is 15.5 Å². The monoisotopic (exact) mass is 456 g/mol. The molecule has 4 N–H and O–H groups in total. The first-order chi connectivity index (χ1) is 14.7. The highest BCUT2D eigenvalue weighted by Crippen LogP contribution is 2.34. The first-order valence-corrected chi connectivity index (χ1v) is 11.3. The minimum absolute atomic E-state index is 0.0908. The Bertz CT molecular complexity index is 1400. The Labute approximate surface area is 180 Å². The molecule has 11 heteroatoms.